The van der Waals surface area contributed by atoms with Crippen molar-refractivity contribution >= 4 is 11.0 Å². The van der Waals surface area contributed by atoms with Crippen LogP contribution in [0.4, 0.5) is 13.2 Å². The first-order chi connectivity index (χ1) is 22.8. The maximum atomic E-state index is 13.6. The average Bonchev–Trinajstić information content (AvgIpc) is 3.84. The fourth-order valence-electron chi connectivity index (χ4n) is 6.57. The number of nitrogens with zero attached hydrogens (tertiary/aromatic N) is 9. The van der Waals surface area contributed by atoms with E-state index in [1.54, 1.807) is 18.7 Å². The van der Waals surface area contributed by atoms with E-state index < -0.39 is 17.5 Å². The molecule has 1 aliphatic heterocycles. The summed E-state index contributed by atoms with van der Waals surface area (Å²) < 4.78 is 48.7. The summed E-state index contributed by atoms with van der Waals surface area (Å²) >= 11 is 0. The van der Waals surface area contributed by atoms with E-state index in [-0.39, 0.29) is 30.3 Å². The number of hydrogen-bond donors (Lipinski definition) is 3. The minimum Gasteiger partial charge on any atom is -0.474 e. The van der Waals surface area contributed by atoms with E-state index in [4.69, 9.17) is 4.74 Å². The van der Waals surface area contributed by atoms with Gasteiger partial charge in [-0.25, -0.2) is 19.9 Å². The van der Waals surface area contributed by atoms with Crippen LogP contribution in [0.3, 0.4) is 0 Å². The van der Waals surface area contributed by atoms with E-state index in [9.17, 15) is 18.4 Å². The van der Waals surface area contributed by atoms with Gasteiger partial charge < -0.3 is 20.0 Å². The molecule has 1 aliphatic carbocycles. The Balaban J connectivity index is 0.953. The third kappa shape index (κ3) is 6.54. The first kappa shape index (κ1) is 30.8. The smallest absolute Gasteiger partial charge is 0.451 e. The van der Waals surface area contributed by atoms with E-state index in [0.29, 0.717) is 45.3 Å². The molecule has 6 heterocycles. The Morgan fingerprint density at radius 2 is 1.96 bits per heavy atom. The summed E-state index contributed by atoms with van der Waals surface area (Å²) in [5.41, 5.74) is 3.02. The molecule has 2 fully saturated rings. The van der Waals surface area contributed by atoms with Crippen LogP contribution in [0.2, 0.25) is 0 Å². The molecule has 1 saturated carbocycles. The van der Waals surface area contributed by atoms with E-state index in [1.807, 2.05) is 23.1 Å². The van der Waals surface area contributed by atoms with Crippen molar-refractivity contribution in [2.45, 2.75) is 68.9 Å². The molecule has 7 rings (SSSR count). The molecule has 0 unspecified atom stereocenters. The van der Waals surface area contributed by atoms with Crippen molar-refractivity contribution in [3.05, 3.63) is 66.8 Å². The number of aromatic nitrogens is 9. The molecule has 13 nitrogen and oxygen atoms in total. The van der Waals surface area contributed by atoms with Crippen LogP contribution >= 0.6 is 0 Å². The van der Waals surface area contributed by atoms with Gasteiger partial charge in [-0.05, 0) is 31.7 Å². The quantitative estimate of drug-likeness (QED) is 0.179. The molecule has 16 heteroatoms. The molecule has 244 valence electrons. The molecule has 2 aliphatic rings. The van der Waals surface area contributed by atoms with Crippen LogP contribution in [0.1, 0.15) is 49.3 Å². The number of fused-ring (bicyclic) bond motifs is 1. The van der Waals surface area contributed by atoms with E-state index >= 15 is 0 Å². The number of hydrogen-bond acceptors (Lipinski definition) is 10. The van der Waals surface area contributed by atoms with Gasteiger partial charge in [0.25, 0.3) is 0 Å². The fraction of sp³-hybridized carbons (Fsp3) is 0.452. The lowest BCUT2D eigenvalue weighted by molar-refractivity contribution is -0.145. The molecule has 0 amide bonds. The van der Waals surface area contributed by atoms with Crippen LogP contribution in [0, 0.1) is 11.3 Å². The lowest BCUT2D eigenvalue weighted by atomic mass is 9.82. The second kappa shape index (κ2) is 12.7. The normalized spacial score (nSPS) is 19.8. The number of imidazole rings is 1. The van der Waals surface area contributed by atoms with Crippen molar-refractivity contribution < 1.29 is 17.9 Å². The van der Waals surface area contributed by atoms with Gasteiger partial charge in [-0.3, -0.25) is 9.58 Å². The van der Waals surface area contributed by atoms with Gasteiger partial charge in [0.05, 0.1) is 42.1 Å². The molecular weight excluding hydrogens is 613 g/mol. The Morgan fingerprint density at radius 3 is 2.72 bits per heavy atom. The van der Waals surface area contributed by atoms with Gasteiger partial charge in [0.15, 0.2) is 0 Å². The third-order valence-corrected chi connectivity index (χ3v) is 8.97. The highest BCUT2D eigenvalue weighted by atomic mass is 19.4. The number of alkyl halides is 3. The molecule has 5 aromatic rings. The Hall–Kier alpha value is -4.88. The van der Waals surface area contributed by atoms with Crippen molar-refractivity contribution in [2.24, 2.45) is 0 Å². The Bertz CT molecular complexity index is 1850. The molecule has 0 radical (unpaired) electrons. The van der Waals surface area contributed by atoms with Gasteiger partial charge in [-0.2, -0.15) is 28.5 Å². The predicted molar refractivity (Wildman–Crippen MR) is 163 cm³/mol. The highest BCUT2D eigenvalue weighted by molar-refractivity contribution is 5.90. The van der Waals surface area contributed by atoms with Crippen molar-refractivity contribution in [1.29, 1.82) is 5.26 Å². The van der Waals surface area contributed by atoms with Crippen LogP contribution in [0.5, 0.6) is 5.88 Å². The van der Waals surface area contributed by atoms with Gasteiger partial charge in [0.2, 0.25) is 11.7 Å². The Kier molecular flexibility index (Phi) is 8.33. The van der Waals surface area contributed by atoms with Crippen molar-refractivity contribution in [3.63, 3.8) is 0 Å². The van der Waals surface area contributed by atoms with Gasteiger partial charge >= 0.3 is 6.18 Å². The number of rotatable bonds is 11. The van der Waals surface area contributed by atoms with Gasteiger partial charge in [-0.15, -0.1) is 0 Å². The summed E-state index contributed by atoms with van der Waals surface area (Å²) in [4.78, 5) is 28.6. The highest BCUT2D eigenvalue weighted by Crippen LogP contribution is 2.39. The molecule has 0 aromatic carbocycles. The minimum atomic E-state index is -4.69. The summed E-state index contributed by atoms with van der Waals surface area (Å²) in [6, 6.07) is 6.04. The molecule has 47 heavy (non-hydrogen) atoms. The molecule has 0 bridgehead atoms. The van der Waals surface area contributed by atoms with Crippen LogP contribution in [-0.4, -0.2) is 81.3 Å². The zero-order chi connectivity index (χ0) is 32.4. The third-order valence-electron chi connectivity index (χ3n) is 8.97. The first-order valence-electron chi connectivity index (χ1n) is 15.5. The number of nitriles is 1. The maximum absolute atomic E-state index is 13.6. The predicted octanol–water partition coefficient (Wildman–Crippen LogP) is 4.00. The molecule has 3 N–H and O–H groups in total. The Labute approximate surface area is 267 Å². The standard InChI is InChI=1S/C31H33F3N12O/c32-31(33,34)29-43-22(14-36-9-5-21-13-37-18-39-21)11-26(44-29)47-24-3-1-23(2-4-24)45-16-30(17-45,7-8-35)46-15-20(12-42-46)27-25-6-10-38-28(25)41-19-40-27/h6,10-13,15,18-19,23-24,36H,1-5,7,9,14,16-17H2,(H,37,39)(H,38,40,41). The number of likely N-dealkylation sites (tertiary alicyclic amines) is 1. The lowest BCUT2D eigenvalue weighted by Crippen LogP contribution is -2.65. The summed E-state index contributed by atoms with van der Waals surface area (Å²) in [6.45, 7) is 2.03. The fourth-order valence-corrected chi connectivity index (χ4v) is 6.57. The first-order valence-corrected chi connectivity index (χ1v) is 15.5. The zero-order valence-electron chi connectivity index (χ0n) is 25.4. The number of aromatic amines is 2. The molecular formula is C31H33F3N12O. The molecule has 5 aromatic heterocycles. The van der Waals surface area contributed by atoms with Gasteiger partial charge in [0, 0.05) is 74.2 Å². The highest BCUT2D eigenvalue weighted by Gasteiger charge is 2.48. The van der Waals surface area contributed by atoms with E-state index in [2.05, 4.69) is 56.3 Å². The largest absolute Gasteiger partial charge is 0.474 e. The number of H-pyrrole nitrogens is 2. The van der Waals surface area contributed by atoms with Crippen LogP contribution in [0.15, 0.2) is 49.6 Å². The molecule has 1 saturated heterocycles. The zero-order valence-corrected chi connectivity index (χ0v) is 25.4. The topological polar surface area (TPSA) is 162 Å². The minimum absolute atomic E-state index is 0.0630. The monoisotopic (exact) mass is 646 g/mol. The van der Waals surface area contributed by atoms with Crippen molar-refractivity contribution in [1.82, 2.24) is 54.9 Å². The van der Waals surface area contributed by atoms with Crippen LogP contribution < -0.4 is 10.1 Å². The van der Waals surface area contributed by atoms with Crippen molar-refractivity contribution in [2.75, 3.05) is 19.6 Å². The number of ether oxygens (including phenoxy) is 1. The SMILES string of the molecule is N#CCC1(n2cc(-c3ncnc4[nH]ccc34)cn2)CN(C2CCC(Oc3cc(CNCCc4c[nH]cn4)nc(C(F)(F)F)n3)CC2)C1. The van der Waals surface area contributed by atoms with Gasteiger partial charge in [-0.1, -0.05) is 0 Å². The average molecular weight is 647 g/mol. The van der Waals surface area contributed by atoms with E-state index in [0.717, 1.165) is 40.8 Å². The summed E-state index contributed by atoms with van der Waals surface area (Å²) in [5, 5.41) is 18.4. The Morgan fingerprint density at radius 1 is 1.11 bits per heavy atom. The van der Waals surface area contributed by atoms with Crippen molar-refractivity contribution in [3.8, 4) is 23.2 Å². The van der Waals surface area contributed by atoms with Crippen LogP contribution in [0.25, 0.3) is 22.3 Å². The second-order valence-corrected chi connectivity index (χ2v) is 12.2. The lowest BCUT2D eigenvalue weighted by Gasteiger charge is -2.53. The molecule has 0 spiro atoms. The second-order valence-electron chi connectivity index (χ2n) is 12.2. The number of nitrogens with one attached hydrogen (secondary N) is 3. The summed E-state index contributed by atoms with van der Waals surface area (Å²) in [5.74, 6) is -1.27. The van der Waals surface area contributed by atoms with E-state index in [1.165, 1.54) is 12.4 Å². The summed E-state index contributed by atoms with van der Waals surface area (Å²) in [7, 11) is 0. The maximum Gasteiger partial charge on any atom is 0.451 e. The summed E-state index contributed by atoms with van der Waals surface area (Å²) in [6.07, 6.45) is 9.45. The van der Waals surface area contributed by atoms with Gasteiger partial charge in [0.1, 0.15) is 23.6 Å². The number of halogens is 3. The van der Waals surface area contributed by atoms with Crippen LogP contribution in [-0.2, 0) is 24.7 Å². The molecule has 0 atom stereocenters.